The first kappa shape index (κ1) is 50.5. The van der Waals surface area contributed by atoms with Gasteiger partial charge >= 0.3 is 12.1 Å². The van der Waals surface area contributed by atoms with E-state index < -0.39 is 102 Å². The smallest absolute Gasteiger partial charge is 0.459 e. The van der Waals surface area contributed by atoms with Crippen molar-refractivity contribution in [2.24, 2.45) is 17.8 Å². The van der Waals surface area contributed by atoms with Crippen molar-refractivity contribution in [2.75, 3.05) is 34.4 Å². The Hall–Kier alpha value is -2.48. The summed E-state index contributed by atoms with van der Waals surface area (Å²) in [6.07, 6.45) is -8.18. The molecular weight excluding hydrogens is 805 g/mol. The minimum Gasteiger partial charge on any atom is -0.459 e. The lowest BCUT2D eigenvalue weighted by atomic mass is 9.77. The Balaban J connectivity index is 1.56. The number of carbonyl (C=O) groups excluding carboxylic acids is 2. The number of cyclic esters (lactones) is 1. The molecule has 1 spiro atoms. The maximum absolute atomic E-state index is 14.5. The van der Waals surface area contributed by atoms with Gasteiger partial charge in [-0.25, -0.2) is 4.79 Å². The Morgan fingerprint density at radius 3 is 2.23 bits per heavy atom. The Bertz CT molecular complexity index is 1610. The molecule has 0 bridgehead atoms. The largest absolute Gasteiger partial charge is 0.509 e. The summed E-state index contributed by atoms with van der Waals surface area (Å²) < 4.78 is 56.6. The fraction of sp³-hybridized carbons (Fsp3) is 0.826. The molecule has 1 aromatic rings. The number of carbonyl (C=O) groups is 2. The normalized spacial score (nSPS) is 44.8. The predicted molar refractivity (Wildman–Crippen MR) is 228 cm³/mol. The highest BCUT2D eigenvalue weighted by Gasteiger charge is 2.67. The molecule has 18 atom stereocenters. The van der Waals surface area contributed by atoms with Gasteiger partial charge in [-0.1, -0.05) is 51.1 Å². The van der Waals surface area contributed by atoms with Gasteiger partial charge in [-0.2, -0.15) is 0 Å². The fourth-order valence-corrected chi connectivity index (χ4v) is 10.0. The van der Waals surface area contributed by atoms with Crippen molar-refractivity contribution in [2.45, 2.75) is 191 Å². The van der Waals surface area contributed by atoms with Gasteiger partial charge in [0.25, 0.3) is 0 Å². The van der Waals surface area contributed by atoms with Crippen LogP contribution in [0.25, 0.3) is 0 Å². The number of hydrogen-bond acceptors (Lipinski definition) is 16. The van der Waals surface area contributed by atoms with Crippen molar-refractivity contribution in [1.29, 1.82) is 0 Å². The topological polar surface area (TPSA) is 196 Å². The number of methoxy groups -OCH3 is 1. The van der Waals surface area contributed by atoms with Crippen LogP contribution in [0.15, 0.2) is 30.3 Å². The molecule has 1 aromatic carbocycles. The van der Waals surface area contributed by atoms with E-state index in [-0.39, 0.29) is 43.9 Å². The Morgan fingerprint density at radius 2 is 1.63 bits per heavy atom. The third-order valence-corrected chi connectivity index (χ3v) is 14.0. The van der Waals surface area contributed by atoms with Crippen LogP contribution >= 0.6 is 0 Å². The molecule has 0 unspecified atom stereocenters. The molecule has 0 radical (unpaired) electrons. The number of rotatable bonds is 10. The molecule has 16 nitrogen and oxygen atoms in total. The van der Waals surface area contributed by atoms with Crippen LogP contribution in [0.4, 0.5) is 4.79 Å². The number of ether oxygens (including phenoxy) is 9. The Kier molecular flexibility index (Phi) is 16.6. The molecule has 354 valence electrons. The summed E-state index contributed by atoms with van der Waals surface area (Å²) in [4.78, 5) is 29.8. The van der Waals surface area contributed by atoms with Crippen LogP contribution in [-0.2, 0) is 54.0 Å². The molecule has 4 heterocycles. The van der Waals surface area contributed by atoms with E-state index in [1.165, 1.54) is 6.92 Å². The van der Waals surface area contributed by atoms with Crippen LogP contribution in [0.3, 0.4) is 0 Å². The number of benzene rings is 1. The Morgan fingerprint density at radius 1 is 0.968 bits per heavy atom. The van der Waals surface area contributed by atoms with Crippen molar-refractivity contribution < 1.29 is 67.5 Å². The third kappa shape index (κ3) is 11.1. The summed E-state index contributed by atoms with van der Waals surface area (Å²) in [6.45, 7) is 18.7. The summed E-state index contributed by atoms with van der Waals surface area (Å²) in [5.41, 5.74) is -4.12. The molecular formula is C46H76N2O14. The van der Waals surface area contributed by atoms with E-state index in [2.05, 4.69) is 5.32 Å². The van der Waals surface area contributed by atoms with Gasteiger partial charge in [0.1, 0.15) is 35.6 Å². The predicted octanol–water partition coefficient (Wildman–Crippen LogP) is 4.33. The summed E-state index contributed by atoms with van der Waals surface area (Å²) in [6, 6.07) is 8.29. The molecule has 5 rings (SSSR count). The molecule has 0 aliphatic carbocycles. The van der Waals surface area contributed by atoms with Crippen molar-refractivity contribution in [1.82, 2.24) is 10.2 Å². The van der Waals surface area contributed by atoms with Crippen LogP contribution in [-0.4, -0.2) is 156 Å². The zero-order valence-corrected chi connectivity index (χ0v) is 39.2. The number of nitrogens with zero attached hydrogens (tertiary/aromatic N) is 1. The molecule has 0 amide bonds. The van der Waals surface area contributed by atoms with Crippen LogP contribution in [0.1, 0.15) is 100 Å². The fourth-order valence-electron chi connectivity index (χ4n) is 10.0. The summed E-state index contributed by atoms with van der Waals surface area (Å²) in [5, 5.41) is 39.3. The summed E-state index contributed by atoms with van der Waals surface area (Å²) in [5.74, 6) is -2.73. The monoisotopic (exact) mass is 881 g/mol. The molecule has 0 aromatic heterocycles. The average molecular weight is 881 g/mol. The standard InChI is InChI=1S/C46H76N2O14/c1-14-34-45(10,53)38(49)30(6)47-23-26(2)21-43(8,52)39(28(4)36(29(5)40(50)59-34)60-35-22-44(9,54-13)46(25-56-46)31(7)58-35)62-41-37(33(48(11)12)20-27(3)57-41)61-42(51)55-24-32-18-16-15-17-19-32/h15-19,26-31,33-39,41,47,49,52-53H,14,20-25H2,1-13H3/t26-,27-,28+,29-,30-,31+,33+,34-,35+,36+,37-,38-,39-,41+,43-,44-,45-,46+/m1/s1. The molecule has 62 heavy (non-hydrogen) atoms. The van der Waals surface area contributed by atoms with E-state index in [4.69, 9.17) is 42.6 Å². The van der Waals surface area contributed by atoms with Gasteiger partial charge < -0.3 is 68.2 Å². The van der Waals surface area contributed by atoms with E-state index >= 15 is 0 Å². The lowest BCUT2D eigenvalue weighted by Gasteiger charge is -2.49. The Labute approximate surface area is 368 Å². The number of nitrogens with one attached hydrogen (secondary N) is 1. The first-order chi connectivity index (χ1) is 29.0. The van der Waals surface area contributed by atoms with E-state index in [0.717, 1.165) is 5.56 Å². The maximum atomic E-state index is 14.5. The molecule has 4 aliphatic rings. The van der Waals surface area contributed by atoms with E-state index in [0.29, 0.717) is 19.6 Å². The van der Waals surface area contributed by atoms with Crippen molar-refractivity contribution in [3.8, 4) is 0 Å². The second kappa shape index (κ2) is 20.4. The highest BCUT2D eigenvalue weighted by molar-refractivity contribution is 5.73. The summed E-state index contributed by atoms with van der Waals surface area (Å²) >= 11 is 0. The van der Waals surface area contributed by atoms with E-state index in [9.17, 15) is 24.9 Å². The summed E-state index contributed by atoms with van der Waals surface area (Å²) in [7, 11) is 5.39. The van der Waals surface area contributed by atoms with Crippen LogP contribution in [0.5, 0.6) is 0 Å². The molecule has 4 aliphatic heterocycles. The highest BCUT2D eigenvalue weighted by Crippen LogP contribution is 2.51. The lowest BCUT2D eigenvalue weighted by Crippen LogP contribution is -2.62. The number of likely N-dealkylation sites (N-methyl/N-ethyl adjacent to an activating group) is 1. The van der Waals surface area contributed by atoms with Crippen molar-refractivity contribution in [3.63, 3.8) is 0 Å². The van der Waals surface area contributed by atoms with Gasteiger partial charge in [-0.3, -0.25) is 4.79 Å². The third-order valence-electron chi connectivity index (χ3n) is 14.0. The van der Waals surface area contributed by atoms with Gasteiger partial charge in [0, 0.05) is 25.5 Å². The first-order valence-corrected chi connectivity index (χ1v) is 22.4. The van der Waals surface area contributed by atoms with Crippen LogP contribution < -0.4 is 5.32 Å². The van der Waals surface area contributed by atoms with Crippen molar-refractivity contribution in [3.05, 3.63) is 35.9 Å². The molecule has 4 N–H and O–H groups in total. The average Bonchev–Trinajstić information content (AvgIpc) is 4.04. The SMILES string of the molecule is CC[C@H]1OC(=O)[C@H](C)[C@@H](O[C@H]2C[C@@](C)(OC)[C@]3(CO3)[C@H](C)O2)[C@H](C)[C@@H](O[C@@H]2O[C@H](C)C[C@H](N(C)C)[C@H]2OC(=O)OCc2ccccc2)[C@](C)(O)C[C@@H](C)CN[C@H](C)[C@@H](O)[C@]1(C)O. The maximum Gasteiger partial charge on any atom is 0.509 e. The second-order valence-electron chi connectivity index (χ2n) is 19.4. The zero-order chi connectivity index (χ0) is 45.9. The highest BCUT2D eigenvalue weighted by atomic mass is 16.8. The van der Waals surface area contributed by atoms with Gasteiger partial charge in [0.05, 0.1) is 48.6 Å². The molecule has 16 heteroatoms. The number of hydrogen-bond donors (Lipinski definition) is 4. The minimum atomic E-state index is -1.82. The number of aliphatic hydroxyl groups excluding tert-OH is 1. The van der Waals surface area contributed by atoms with Gasteiger partial charge in [-0.05, 0) is 99.9 Å². The first-order valence-electron chi connectivity index (χ1n) is 22.4. The number of esters is 1. The lowest BCUT2D eigenvalue weighted by molar-refractivity contribution is -0.315. The van der Waals surface area contributed by atoms with Crippen LogP contribution in [0.2, 0.25) is 0 Å². The minimum absolute atomic E-state index is 0.00368. The van der Waals surface area contributed by atoms with Crippen molar-refractivity contribution >= 4 is 12.1 Å². The quantitative estimate of drug-likeness (QED) is 0.191. The zero-order valence-electron chi connectivity index (χ0n) is 39.2. The van der Waals surface area contributed by atoms with Crippen LogP contribution in [0, 0.1) is 17.8 Å². The molecule has 4 fully saturated rings. The van der Waals surface area contributed by atoms with Gasteiger partial charge in [0.2, 0.25) is 0 Å². The second-order valence-corrected chi connectivity index (χ2v) is 19.4. The molecule has 4 saturated heterocycles. The molecule has 0 saturated carbocycles. The van der Waals surface area contributed by atoms with E-state index in [1.54, 1.807) is 34.8 Å². The van der Waals surface area contributed by atoms with Gasteiger partial charge in [-0.15, -0.1) is 0 Å². The van der Waals surface area contributed by atoms with E-state index in [1.807, 2.05) is 83.9 Å². The van der Waals surface area contributed by atoms with Gasteiger partial charge in [0.15, 0.2) is 18.7 Å². The number of aliphatic hydroxyl groups is 3. The number of epoxide rings is 1.